The van der Waals surface area contributed by atoms with Gasteiger partial charge in [0.05, 0.1) is 19.3 Å². The number of hydrogen-bond acceptors (Lipinski definition) is 5. The van der Waals surface area contributed by atoms with Gasteiger partial charge in [0.1, 0.15) is 23.3 Å². The van der Waals surface area contributed by atoms with Gasteiger partial charge in [0, 0.05) is 17.1 Å². The molecule has 0 saturated heterocycles. The number of carbonyl (C=O) groups is 1. The van der Waals surface area contributed by atoms with Gasteiger partial charge >= 0.3 is 0 Å². The summed E-state index contributed by atoms with van der Waals surface area (Å²) < 4.78 is 22.6. The minimum absolute atomic E-state index is 0.0678. The Bertz CT molecular complexity index is 1380. The van der Waals surface area contributed by atoms with Crippen LogP contribution < -0.4 is 15.6 Å². The van der Waals surface area contributed by atoms with E-state index in [-0.39, 0.29) is 30.4 Å². The van der Waals surface area contributed by atoms with Gasteiger partial charge in [-0.1, -0.05) is 29.8 Å². The lowest BCUT2D eigenvalue weighted by Gasteiger charge is -2.25. The van der Waals surface area contributed by atoms with Gasteiger partial charge in [-0.3, -0.25) is 14.2 Å². The number of nitrogens with one attached hydrogen (secondary N) is 1. The van der Waals surface area contributed by atoms with Crippen molar-refractivity contribution < 1.29 is 13.9 Å². The predicted molar refractivity (Wildman–Crippen MR) is 126 cm³/mol. The summed E-state index contributed by atoms with van der Waals surface area (Å²) in [4.78, 5) is 29.8. The second-order valence-electron chi connectivity index (χ2n) is 8.20. The minimum atomic E-state index is -1.11. The van der Waals surface area contributed by atoms with Gasteiger partial charge in [0.15, 0.2) is 11.2 Å². The lowest BCUT2D eigenvalue weighted by molar-refractivity contribution is -0.134. The van der Waals surface area contributed by atoms with Crippen molar-refractivity contribution in [3.05, 3.63) is 87.8 Å². The maximum Gasteiger partial charge on any atom is 0.264 e. The number of carbonyl (C=O) groups excluding carboxylic acids is 1. The van der Waals surface area contributed by atoms with E-state index < -0.39 is 5.60 Å². The summed E-state index contributed by atoms with van der Waals surface area (Å²) >= 11 is 5.88. The van der Waals surface area contributed by atoms with E-state index in [1.165, 1.54) is 27.8 Å². The van der Waals surface area contributed by atoms with Crippen molar-refractivity contribution in [1.82, 2.24) is 24.6 Å². The molecule has 1 amide bonds. The van der Waals surface area contributed by atoms with Crippen molar-refractivity contribution in [1.29, 1.82) is 0 Å². The smallest absolute Gasteiger partial charge is 0.264 e. The SMILES string of the molecule is CC(C)(Oc1ccc(Cl)cc1)C(=O)NCCn1ncc2c(=O)n(Cc3ccccc3F)cnc21. The van der Waals surface area contributed by atoms with Gasteiger partial charge in [-0.05, 0) is 44.2 Å². The highest BCUT2D eigenvalue weighted by Gasteiger charge is 2.29. The quantitative estimate of drug-likeness (QED) is 0.415. The number of rotatable bonds is 8. The van der Waals surface area contributed by atoms with Gasteiger partial charge in [-0.25, -0.2) is 14.1 Å². The zero-order valence-electron chi connectivity index (χ0n) is 18.7. The van der Waals surface area contributed by atoms with Crippen LogP contribution in [0.2, 0.25) is 5.02 Å². The van der Waals surface area contributed by atoms with E-state index >= 15 is 0 Å². The fourth-order valence-electron chi connectivity index (χ4n) is 3.42. The third-order valence-electron chi connectivity index (χ3n) is 5.26. The second-order valence-corrected chi connectivity index (χ2v) is 8.63. The Morgan fingerprint density at radius 1 is 1.18 bits per heavy atom. The first-order chi connectivity index (χ1) is 16.2. The number of ether oxygens (including phenoxy) is 1. The maximum absolute atomic E-state index is 14.0. The number of fused-ring (bicyclic) bond motifs is 1. The first-order valence-electron chi connectivity index (χ1n) is 10.6. The molecule has 1 N–H and O–H groups in total. The fraction of sp³-hybridized carbons (Fsp3) is 0.250. The van der Waals surface area contributed by atoms with Gasteiger partial charge < -0.3 is 10.1 Å². The summed E-state index contributed by atoms with van der Waals surface area (Å²) in [6.07, 6.45) is 2.80. The Morgan fingerprint density at radius 3 is 2.65 bits per heavy atom. The molecule has 2 heterocycles. The van der Waals surface area contributed by atoms with Crippen molar-refractivity contribution in [3.63, 3.8) is 0 Å². The maximum atomic E-state index is 14.0. The molecule has 0 radical (unpaired) electrons. The number of nitrogens with zero attached hydrogens (tertiary/aromatic N) is 4. The van der Waals surface area contributed by atoms with Crippen molar-refractivity contribution >= 4 is 28.5 Å². The summed E-state index contributed by atoms with van der Waals surface area (Å²) in [5, 5.41) is 7.94. The van der Waals surface area contributed by atoms with Crippen LogP contribution in [0.4, 0.5) is 4.39 Å². The summed E-state index contributed by atoms with van der Waals surface area (Å²) in [7, 11) is 0. The molecule has 34 heavy (non-hydrogen) atoms. The number of halogens is 2. The third-order valence-corrected chi connectivity index (χ3v) is 5.52. The van der Waals surface area contributed by atoms with E-state index in [2.05, 4.69) is 15.4 Å². The Morgan fingerprint density at radius 2 is 1.91 bits per heavy atom. The molecule has 0 saturated carbocycles. The Labute approximate surface area is 199 Å². The van der Waals surface area contributed by atoms with Crippen molar-refractivity contribution in [2.24, 2.45) is 0 Å². The van der Waals surface area contributed by atoms with Crippen LogP contribution in [0.5, 0.6) is 5.75 Å². The first-order valence-corrected chi connectivity index (χ1v) is 11.0. The highest BCUT2D eigenvalue weighted by molar-refractivity contribution is 6.30. The number of amides is 1. The van der Waals surface area contributed by atoms with Crippen LogP contribution in [-0.2, 0) is 17.9 Å². The minimum Gasteiger partial charge on any atom is -0.478 e. The highest BCUT2D eigenvalue weighted by atomic mass is 35.5. The molecule has 176 valence electrons. The second kappa shape index (κ2) is 9.64. The van der Waals surface area contributed by atoms with Crippen molar-refractivity contribution in [2.75, 3.05) is 6.54 Å². The molecule has 0 fully saturated rings. The standard InChI is InChI=1S/C24H23ClFN5O3/c1-24(2,34-18-9-7-17(25)8-10-18)23(33)27-11-12-31-21-19(13-29-31)22(32)30(15-28-21)14-16-5-3-4-6-20(16)26/h3-10,13,15H,11-12,14H2,1-2H3,(H,27,33). The van der Waals surface area contributed by atoms with Gasteiger partial charge in [-0.2, -0.15) is 5.10 Å². The molecule has 10 heteroatoms. The summed E-state index contributed by atoms with van der Waals surface area (Å²) in [5.74, 6) is -0.165. The Hall–Kier alpha value is -3.72. The van der Waals surface area contributed by atoms with Crippen LogP contribution in [0, 0.1) is 5.82 Å². The van der Waals surface area contributed by atoms with Crippen LogP contribution in [0.15, 0.2) is 65.8 Å². The number of hydrogen-bond donors (Lipinski definition) is 1. The molecular formula is C24H23ClFN5O3. The molecule has 4 aromatic rings. The molecule has 0 aliphatic rings. The molecule has 8 nitrogen and oxygen atoms in total. The fourth-order valence-corrected chi connectivity index (χ4v) is 3.54. The van der Waals surface area contributed by atoms with Crippen LogP contribution in [-0.4, -0.2) is 37.4 Å². The molecule has 4 rings (SSSR count). The average molecular weight is 484 g/mol. The average Bonchev–Trinajstić information content (AvgIpc) is 3.22. The molecule has 0 aliphatic heterocycles. The molecule has 0 spiro atoms. The molecule has 0 bridgehead atoms. The van der Waals surface area contributed by atoms with Crippen molar-refractivity contribution in [2.45, 2.75) is 32.5 Å². The number of benzene rings is 2. The van der Waals surface area contributed by atoms with Gasteiger partial charge in [0.25, 0.3) is 11.5 Å². The van der Waals surface area contributed by atoms with Gasteiger partial charge in [-0.15, -0.1) is 0 Å². The zero-order chi connectivity index (χ0) is 24.3. The van der Waals surface area contributed by atoms with E-state index in [9.17, 15) is 14.0 Å². The Kier molecular flexibility index (Phi) is 6.65. The van der Waals surface area contributed by atoms with E-state index in [0.29, 0.717) is 33.9 Å². The Balaban J connectivity index is 1.40. The van der Waals surface area contributed by atoms with Crippen LogP contribution in [0.25, 0.3) is 11.0 Å². The van der Waals surface area contributed by atoms with E-state index in [4.69, 9.17) is 16.3 Å². The monoisotopic (exact) mass is 483 g/mol. The summed E-state index contributed by atoms with van der Waals surface area (Å²) in [5.41, 5.74) is -0.648. The van der Waals surface area contributed by atoms with Gasteiger partial charge in [0.2, 0.25) is 0 Å². The lowest BCUT2D eigenvalue weighted by Crippen LogP contribution is -2.47. The molecule has 0 atom stereocenters. The molecule has 2 aromatic heterocycles. The third kappa shape index (κ3) is 5.09. The lowest BCUT2D eigenvalue weighted by atomic mass is 10.1. The summed E-state index contributed by atoms with van der Waals surface area (Å²) in [6.45, 7) is 3.96. The molecule has 2 aromatic carbocycles. The molecule has 0 aliphatic carbocycles. The van der Waals surface area contributed by atoms with Crippen LogP contribution in [0.1, 0.15) is 19.4 Å². The molecule has 0 unspecified atom stereocenters. The first kappa shape index (κ1) is 23.4. The normalized spacial score (nSPS) is 11.5. The van der Waals surface area contributed by atoms with E-state index in [0.717, 1.165) is 0 Å². The van der Waals surface area contributed by atoms with E-state index in [1.54, 1.807) is 56.3 Å². The predicted octanol–water partition coefficient (Wildman–Crippen LogP) is 3.41. The largest absolute Gasteiger partial charge is 0.478 e. The summed E-state index contributed by atoms with van der Waals surface area (Å²) in [6, 6.07) is 13.0. The van der Waals surface area contributed by atoms with E-state index in [1.807, 2.05) is 0 Å². The number of aromatic nitrogens is 4. The highest BCUT2D eigenvalue weighted by Crippen LogP contribution is 2.21. The van der Waals surface area contributed by atoms with Crippen molar-refractivity contribution in [3.8, 4) is 5.75 Å². The van der Waals surface area contributed by atoms with Crippen LogP contribution >= 0.6 is 11.6 Å². The molecular weight excluding hydrogens is 461 g/mol. The van der Waals surface area contributed by atoms with Crippen LogP contribution in [0.3, 0.4) is 0 Å². The zero-order valence-corrected chi connectivity index (χ0v) is 19.4. The topological polar surface area (TPSA) is 91.0 Å².